The molecular weight excluding hydrogens is 248 g/mol. The Kier molecular flexibility index (Phi) is 3.66. The molecule has 0 aliphatic heterocycles. The third-order valence-electron chi connectivity index (χ3n) is 2.42. The summed E-state index contributed by atoms with van der Waals surface area (Å²) in [7, 11) is 3.89. The molecule has 7 heteroatoms. The summed E-state index contributed by atoms with van der Waals surface area (Å²) in [5.41, 5.74) is 0. The van der Waals surface area contributed by atoms with Crippen LogP contribution in [0.2, 0.25) is 0 Å². The molecule has 0 atom stereocenters. The predicted molar refractivity (Wildman–Crippen MR) is 67.5 cm³/mol. The molecule has 2 aromatic rings. The number of rotatable bonds is 5. The molecule has 19 heavy (non-hydrogen) atoms. The van der Waals surface area contributed by atoms with Gasteiger partial charge in [0.1, 0.15) is 18.1 Å². The lowest BCUT2D eigenvalue weighted by molar-refractivity contribution is -0.137. The van der Waals surface area contributed by atoms with Crippen LogP contribution in [0.1, 0.15) is 11.6 Å². The molecule has 0 aliphatic rings. The molecular formula is C12H16N4O3. The summed E-state index contributed by atoms with van der Waals surface area (Å²) in [5, 5.41) is 12.9. The minimum Gasteiger partial charge on any atom is -0.480 e. The Balaban J connectivity index is 2.30. The predicted octanol–water partition coefficient (Wildman–Crippen LogP) is 0.993. The van der Waals surface area contributed by atoms with Crippen molar-refractivity contribution in [2.45, 2.75) is 20.0 Å². The zero-order valence-corrected chi connectivity index (χ0v) is 11.1. The Labute approximate surface area is 110 Å². The first-order valence-electron chi connectivity index (χ1n) is 5.83. The van der Waals surface area contributed by atoms with Crippen molar-refractivity contribution in [3.63, 3.8) is 0 Å². The van der Waals surface area contributed by atoms with Crippen LogP contribution in [0.4, 0.5) is 0 Å². The number of furan rings is 1. The van der Waals surface area contributed by atoms with Gasteiger partial charge in [-0.15, -0.1) is 0 Å². The number of hydrogen-bond acceptors (Lipinski definition) is 5. The van der Waals surface area contributed by atoms with E-state index in [2.05, 4.69) is 10.1 Å². The number of aliphatic carboxylic acids is 1. The van der Waals surface area contributed by atoms with Crippen molar-refractivity contribution in [2.24, 2.45) is 0 Å². The van der Waals surface area contributed by atoms with Gasteiger partial charge in [0, 0.05) is 0 Å². The second kappa shape index (κ2) is 5.23. The fraction of sp³-hybridized carbons (Fsp3) is 0.417. The molecule has 2 heterocycles. The van der Waals surface area contributed by atoms with Crippen LogP contribution in [0.5, 0.6) is 0 Å². The van der Waals surface area contributed by atoms with Gasteiger partial charge < -0.3 is 14.4 Å². The third-order valence-corrected chi connectivity index (χ3v) is 2.42. The maximum atomic E-state index is 10.8. The van der Waals surface area contributed by atoms with Gasteiger partial charge >= 0.3 is 5.97 Å². The molecule has 0 fully saturated rings. The largest absolute Gasteiger partial charge is 0.480 e. The zero-order chi connectivity index (χ0) is 14.0. The molecule has 0 amide bonds. The molecule has 2 rings (SSSR count). The van der Waals surface area contributed by atoms with E-state index < -0.39 is 5.97 Å². The SMILES string of the molecule is Cc1nc(-c2ccc(CN(C)C)o2)n(CC(=O)O)n1. The average molecular weight is 264 g/mol. The molecule has 0 saturated carbocycles. The van der Waals surface area contributed by atoms with Gasteiger partial charge in [-0.25, -0.2) is 9.67 Å². The smallest absolute Gasteiger partial charge is 0.325 e. The molecule has 0 aliphatic carbocycles. The van der Waals surface area contributed by atoms with Crippen molar-refractivity contribution >= 4 is 5.97 Å². The molecule has 0 spiro atoms. The summed E-state index contributed by atoms with van der Waals surface area (Å²) in [6.45, 7) is 2.15. The normalized spacial score (nSPS) is 11.2. The molecule has 0 unspecified atom stereocenters. The van der Waals surface area contributed by atoms with Crippen LogP contribution in [-0.2, 0) is 17.9 Å². The van der Waals surface area contributed by atoms with Crippen LogP contribution in [0, 0.1) is 6.92 Å². The van der Waals surface area contributed by atoms with Gasteiger partial charge in [-0.05, 0) is 33.2 Å². The van der Waals surface area contributed by atoms with Gasteiger partial charge in [0.25, 0.3) is 0 Å². The highest BCUT2D eigenvalue weighted by molar-refractivity contribution is 5.67. The van der Waals surface area contributed by atoms with Crippen molar-refractivity contribution < 1.29 is 14.3 Å². The maximum absolute atomic E-state index is 10.8. The molecule has 0 aromatic carbocycles. The summed E-state index contributed by atoms with van der Waals surface area (Å²) in [6.07, 6.45) is 0. The standard InChI is InChI=1S/C12H16N4O3/c1-8-13-12(16(14-8)7-11(17)18)10-5-4-9(19-10)6-15(2)3/h4-5H,6-7H2,1-3H3,(H,17,18). The summed E-state index contributed by atoms with van der Waals surface area (Å²) in [6, 6.07) is 3.63. The first-order chi connectivity index (χ1) is 8.95. The molecule has 0 bridgehead atoms. The summed E-state index contributed by atoms with van der Waals surface area (Å²) in [5.74, 6) is 1.30. The van der Waals surface area contributed by atoms with Crippen molar-refractivity contribution in [2.75, 3.05) is 14.1 Å². The van der Waals surface area contributed by atoms with Crippen LogP contribution >= 0.6 is 0 Å². The Bertz CT molecular complexity index is 586. The van der Waals surface area contributed by atoms with E-state index in [4.69, 9.17) is 9.52 Å². The number of aromatic nitrogens is 3. The second-order valence-electron chi connectivity index (χ2n) is 4.54. The Morgan fingerprint density at radius 3 is 2.84 bits per heavy atom. The van der Waals surface area contributed by atoms with Crippen molar-refractivity contribution in [3.8, 4) is 11.6 Å². The van der Waals surface area contributed by atoms with E-state index in [0.717, 1.165) is 5.76 Å². The van der Waals surface area contributed by atoms with Crippen molar-refractivity contribution in [3.05, 3.63) is 23.7 Å². The monoisotopic (exact) mass is 264 g/mol. The number of carboxylic acid groups (broad SMARTS) is 1. The maximum Gasteiger partial charge on any atom is 0.325 e. The lowest BCUT2D eigenvalue weighted by Crippen LogP contribution is -2.11. The van der Waals surface area contributed by atoms with Crippen molar-refractivity contribution in [1.82, 2.24) is 19.7 Å². The molecule has 1 N–H and O–H groups in total. The van der Waals surface area contributed by atoms with Gasteiger partial charge in [-0.2, -0.15) is 5.10 Å². The van der Waals surface area contributed by atoms with E-state index in [0.29, 0.717) is 24.0 Å². The van der Waals surface area contributed by atoms with E-state index in [-0.39, 0.29) is 6.54 Å². The van der Waals surface area contributed by atoms with E-state index in [1.54, 1.807) is 13.0 Å². The lowest BCUT2D eigenvalue weighted by Gasteiger charge is -2.05. The van der Waals surface area contributed by atoms with Crippen LogP contribution in [0.3, 0.4) is 0 Å². The quantitative estimate of drug-likeness (QED) is 0.867. The number of hydrogen-bond donors (Lipinski definition) is 1. The van der Waals surface area contributed by atoms with Crippen molar-refractivity contribution in [1.29, 1.82) is 0 Å². The minimum absolute atomic E-state index is 0.236. The molecule has 7 nitrogen and oxygen atoms in total. The number of aryl methyl sites for hydroxylation is 1. The number of carbonyl (C=O) groups is 1. The van der Waals surface area contributed by atoms with E-state index >= 15 is 0 Å². The first-order valence-corrected chi connectivity index (χ1v) is 5.83. The molecule has 0 radical (unpaired) electrons. The Morgan fingerprint density at radius 2 is 2.21 bits per heavy atom. The molecule has 2 aromatic heterocycles. The fourth-order valence-corrected chi connectivity index (χ4v) is 1.77. The average Bonchev–Trinajstić information content (AvgIpc) is 2.83. The third kappa shape index (κ3) is 3.19. The highest BCUT2D eigenvalue weighted by Crippen LogP contribution is 2.21. The van der Waals surface area contributed by atoms with Gasteiger partial charge in [0.2, 0.25) is 0 Å². The van der Waals surface area contributed by atoms with Crippen LogP contribution in [-0.4, -0.2) is 44.8 Å². The lowest BCUT2D eigenvalue weighted by atomic mass is 10.4. The molecule has 102 valence electrons. The second-order valence-corrected chi connectivity index (χ2v) is 4.54. The van der Waals surface area contributed by atoms with Gasteiger partial charge in [-0.3, -0.25) is 4.79 Å². The van der Waals surface area contributed by atoms with Gasteiger partial charge in [-0.1, -0.05) is 0 Å². The highest BCUT2D eigenvalue weighted by Gasteiger charge is 2.16. The summed E-state index contributed by atoms with van der Waals surface area (Å²) in [4.78, 5) is 17.0. The van der Waals surface area contributed by atoms with Gasteiger partial charge in [0.15, 0.2) is 11.6 Å². The molecule has 0 saturated heterocycles. The van der Waals surface area contributed by atoms with Crippen LogP contribution < -0.4 is 0 Å². The minimum atomic E-state index is -0.966. The number of nitrogens with zero attached hydrogens (tertiary/aromatic N) is 4. The van der Waals surface area contributed by atoms with E-state index in [1.165, 1.54) is 4.68 Å². The zero-order valence-electron chi connectivity index (χ0n) is 11.1. The van der Waals surface area contributed by atoms with Crippen LogP contribution in [0.25, 0.3) is 11.6 Å². The number of carboxylic acids is 1. The van der Waals surface area contributed by atoms with Crippen LogP contribution in [0.15, 0.2) is 16.5 Å². The highest BCUT2D eigenvalue weighted by atomic mass is 16.4. The Morgan fingerprint density at radius 1 is 1.47 bits per heavy atom. The summed E-state index contributed by atoms with van der Waals surface area (Å²) < 4.78 is 6.99. The van der Waals surface area contributed by atoms with E-state index in [9.17, 15) is 4.79 Å². The summed E-state index contributed by atoms with van der Waals surface area (Å²) >= 11 is 0. The Hall–Kier alpha value is -2.15. The van der Waals surface area contributed by atoms with E-state index in [1.807, 2.05) is 25.1 Å². The fourth-order valence-electron chi connectivity index (χ4n) is 1.77. The first kappa shape index (κ1) is 13.3. The topological polar surface area (TPSA) is 84.4 Å². The van der Waals surface area contributed by atoms with Gasteiger partial charge in [0.05, 0.1) is 6.54 Å².